The van der Waals surface area contributed by atoms with Crippen LogP contribution < -0.4 is 5.32 Å². The van der Waals surface area contributed by atoms with Gasteiger partial charge in [-0.05, 0) is 11.3 Å². The minimum Gasteiger partial charge on any atom is -0.354 e. The molecule has 84 valence electrons. The Balaban J connectivity index is 2.33. The van der Waals surface area contributed by atoms with Gasteiger partial charge in [-0.25, -0.2) is 0 Å². The first-order valence-corrected chi connectivity index (χ1v) is 5.99. The highest BCUT2D eigenvalue weighted by Gasteiger charge is 2.17. The summed E-state index contributed by atoms with van der Waals surface area (Å²) in [6.07, 6.45) is 1.66. The van der Waals surface area contributed by atoms with Gasteiger partial charge in [-0.2, -0.15) is 0 Å². The Hall–Kier alpha value is -0.970. The molecule has 0 atom stereocenters. The zero-order valence-corrected chi connectivity index (χ0v) is 9.84. The average molecular weight is 228 g/mol. The molecule has 1 heterocycles. The smallest absolute Gasteiger partial charge is 0.240 e. The summed E-state index contributed by atoms with van der Waals surface area (Å²) < 4.78 is 0. The van der Waals surface area contributed by atoms with E-state index in [1.54, 1.807) is 6.20 Å². The van der Waals surface area contributed by atoms with Crippen LogP contribution in [0, 0.1) is 5.92 Å². The lowest BCUT2D eigenvalue weighted by molar-refractivity contribution is -0.131. The predicted molar refractivity (Wildman–Crippen MR) is 61.2 cm³/mol. The van der Waals surface area contributed by atoms with Crippen molar-refractivity contribution in [1.82, 2.24) is 10.2 Å². The Morgan fingerprint density at radius 1 is 1.67 bits per heavy atom. The van der Waals surface area contributed by atoms with Crippen molar-refractivity contribution < 1.29 is 9.59 Å². The van der Waals surface area contributed by atoms with E-state index >= 15 is 0 Å². The van der Waals surface area contributed by atoms with Crippen LogP contribution in [-0.4, -0.2) is 35.6 Å². The highest BCUT2D eigenvalue weighted by atomic mass is 32.2. The third-order valence-corrected chi connectivity index (χ3v) is 2.61. The standard InChI is InChI=1S/C10H16N2O2S/c1-8(2)5-11-9(13)6-12-3-4-15-7-10(12)14/h3-4,8H,5-7H2,1-2H3,(H,11,13). The molecule has 0 unspecified atom stereocenters. The van der Waals surface area contributed by atoms with E-state index in [2.05, 4.69) is 5.32 Å². The van der Waals surface area contributed by atoms with E-state index < -0.39 is 0 Å². The summed E-state index contributed by atoms with van der Waals surface area (Å²) in [6.45, 7) is 4.84. The SMILES string of the molecule is CC(C)CNC(=O)CN1C=CSCC1=O. The molecule has 0 spiro atoms. The normalized spacial score (nSPS) is 15.9. The molecular weight excluding hydrogens is 212 g/mol. The Bertz CT molecular complexity index is 277. The zero-order valence-electron chi connectivity index (χ0n) is 9.03. The molecule has 5 heteroatoms. The summed E-state index contributed by atoms with van der Waals surface area (Å²) in [5, 5.41) is 4.61. The minimum absolute atomic E-state index is 0.0119. The van der Waals surface area contributed by atoms with Gasteiger partial charge in [-0.15, -0.1) is 11.8 Å². The molecule has 0 aromatic rings. The number of hydrogen-bond donors (Lipinski definition) is 1. The molecule has 1 aliphatic heterocycles. The lowest BCUT2D eigenvalue weighted by Crippen LogP contribution is -2.40. The first-order valence-electron chi connectivity index (χ1n) is 4.94. The van der Waals surface area contributed by atoms with Crippen molar-refractivity contribution in [2.45, 2.75) is 13.8 Å². The molecule has 0 bridgehead atoms. The number of nitrogens with zero attached hydrogens (tertiary/aromatic N) is 1. The lowest BCUT2D eigenvalue weighted by atomic mass is 10.2. The first kappa shape index (κ1) is 12.1. The number of carbonyl (C=O) groups is 2. The van der Waals surface area contributed by atoms with Crippen molar-refractivity contribution in [3.63, 3.8) is 0 Å². The summed E-state index contributed by atoms with van der Waals surface area (Å²) in [4.78, 5) is 24.2. The topological polar surface area (TPSA) is 49.4 Å². The van der Waals surface area contributed by atoms with Crippen LogP contribution in [0.5, 0.6) is 0 Å². The van der Waals surface area contributed by atoms with E-state index in [-0.39, 0.29) is 18.4 Å². The molecule has 0 radical (unpaired) electrons. The van der Waals surface area contributed by atoms with Gasteiger partial charge in [0.25, 0.3) is 0 Å². The van der Waals surface area contributed by atoms with E-state index in [0.29, 0.717) is 18.2 Å². The molecule has 1 aliphatic rings. The van der Waals surface area contributed by atoms with Crippen LogP contribution in [0.1, 0.15) is 13.8 Å². The summed E-state index contributed by atoms with van der Waals surface area (Å²) >= 11 is 1.45. The van der Waals surface area contributed by atoms with Crippen molar-refractivity contribution >= 4 is 23.6 Å². The van der Waals surface area contributed by atoms with Gasteiger partial charge in [0.2, 0.25) is 11.8 Å². The molecule has 1 N–H and O–H groups in total. The highest BCUT2D eigenvalue weighted by molar-refractivity contribution is 8.02. The van der Waals surface area contributed by atoms with Crippen molar-refractivity contribution in [2.75, 3.05) is 18.8 Å². The maximum Gasteiger partial charge on any atom is 0.240 e. The van der Waals surface area contributed by atoms with Crippen molar-refractivity contribution in [3.05, 3.63) is 11.6 Å². The van der Waals surface area contributed by atoms with Crippen LogP contribution in [0.4, 0.5) is 0 Å². The first-order chi connectivity index (χ1) is 7.09. The molecular formula is C10H16N2O2S. The van der Waals surface area contributed by atoms with E-state index in [0.717, 1.165) is 0 Å². The van der Waals surface area contributed by atoms with Gasteiger partial charge in [0.05, 0.1) is 5.75 Å². The number of rotatable bonds is 4. The molecule has 15 heavy (non-hydrogen) atoms. The third-order valence-electron chi connectivity index (χ3n) is 1.89. The van der Waals surface area contributed by atoms with Gasteiger partial charge < -0.3 is 10.2 Å². The number of amides is 2. The Labute approximate surface area is 94.1 Å². The Morgan fingerprint density at radius 3 is 3.00 bits per heavy atom. The second-order valence-corrected chi connectivity index (χ2v) is 4.71. The van der Waals surface area contributed by atoms with Crippen LogP contribution in [0.2, 0.25) is 0 Å². The molecule has 4 nitrogen and oxygen atoms in total. The van der Waals surface area contributed by atoms with E-state index in [9.17, 15) is 9.59 Å². The molecule has 0 aliphatic carbocycles. The van der Waals surface area contributed by atoms with E-state index in [1.165, 1.54) is 16.7 Å². The summed E-state index contributed by atoms with van der Waals surface area (Å²) in [5.74, 6) is 0.737. The van der Waals surface area contributed by atoms with Crippen molar-refractivity contribution in [3.8, 4) is 0 Å². The fraction of sp³-hybridized carbons (Fsp3) is 0.600. The van der Waals surface area contributed by atoms with Crippen LogP contribution in [0.15, 0.2) is 11.6 Å². The number of carbonyl (C=O) groups excluding carboxylic acids is 2. The average Bonchev–Trinajstić information content (AvgIpc) is 2.18. The maximum absolute atomic E-state index is 11.4. The van der Waals surface area contributed by atoms with Gasteiger partial charge in [-0.1, -0.05) is 13.8 Å². The second-order valence-electron chi connectivity index (χ2n) is 3.82. The molecule has 0 aromatic heterocycles. The van der Waals surface area contributed by atoms with E-state index in [1.807, 2.05) is 19.3 Å². The van der Waals surface area contributed by atoms with Crippen LogP contribution in [0.25, 0.3) is 0 Å². The number of nitrogens with one attached hydrogen (secondary N) is 1. The zero-order chi connectivity index (χ0) is 11.3. The molecule has 2 amide bonds. The quantitative estimate of drug-likeness (QED) is 0.774. The summed E-state index contributed by atoms with van der Waals surface area (Å²) in [7, 11) is 0. The molecule has 0 aromatic carbocycles. The molecule has 0 saturated heterocycles. The van der Waals surface area contributed by atoms with Gasteiger partial charge in [-0.3, -0.25) is 9.59 Å². The molecule has 0 fully saturated rings. The third kappa shape index (κ3) is 4.38. The fourth-order valence-electron chi connectivity index (χ4n) is 1.07. The van der Waals surface area contributed by atoms with Crippen molar-refractivity contribution in [2.24, 2.45) is 5.92 Å². The van der Waals surface area contributed by atoms with Gasteiger partial charge in [0.1, 0.15) is 6.54 Å². The van der Waals surface area contributed by atoms with Crippen LogP contribution >= 0.6 is 11.8 Å². The van der Waals surface area contributed by atoms with Gasteiger partial charge >= 0.3 is 0 Å². The van der Waals surface area contributed by atoms with E-state index in [4.69, 9.17) is 0 Å². The number of thioether (sulfide) groups is 1. The summed E-state index contributed by atoms with van der Waals surface area (Å²) in [6, 6.07) is 0. The van der Waals surface area contributed by atoms with Crippen LogP contribution in [-0.2, 0) is 9.59 Å². The second kappa shape index (κ2) is 5.80. The largest absolute Gasteiger partial charge is 0.354 e. The summed E-state index contributed by atoms with van der Waals surface area (Å²) in [5.41, 5.74) is 0. The monoisotopic (exact) mass is 228 g/mol. The van der Waals surface area contributed by atoms with Crippen molar-refractivity contribution in [1.29, 1.82) is 0 Å². The minimum atomic E-state index is -0.103. The fourth-order valence-corrected chi connectivity index (χ4v) is 1.71. The Kier molecular flexibility index (Phi) is 4.68. The number of hydrogen-bond acceptors (Lipinski definition) is 3. The predicted octanol–water partition coefficient (Wildman–Crippen LogP) is 0.805. The maximum atomic E-state index is 11.4. The molecule has 0 saturated carbocycles. The van der Waals surface area contributed by atoms with Gasteiger partial charge in [0.15, 0.2) is 0 Å². The lowest BCUT2D eigenvalue weighted by Gasteiger charge is -2.20. The highest BCUT2D eigenvalue weighted by Crippen LogP contribution is 2.11. The molecule has 1 rings (SSSR count). The Morgan fingerprint density at radius 2 is 2.40 bits per heavy atom. The van der Waals surface area contributed by atoms with Gasteiger partial charge in [0, 0.05) is 12.7 Å². The van der Waals surface area contributed by atoms with Crippen LogP contribution in [0.3, 0.4) is 0 Å².